The van der Waals surface area contributed by atoms with Crippen LogP contribution in [0.3, 0.4) is 0 Å². The number of hydrogen-bond donors (Lipinski definition) is 0. The quantitative estimate of drug-likeness (QED) is 0.622. The normalized spacial score (nSPS) is 53.7. The molecular formula is C24H40N2. The lowest BCUT2D eigenvalue weighted by molar-refractivity contribution is -0.0430. The molecule has 1 heterocycles. The Morgan fingerprint density at radius 1 is 1.04 bits per heavy atom. The molecule has 146 valence electrons. The van der Waals surface area contributed by atoms with Crippen molar-refractivity contribution in [3.63, 3.8) is 0 Å². The monoisotopic (exact) mass is 356 g/mol. The molecule has 0 unspecified atom stereocenters. The highest BCUT2D eigenvalue weighted by atomic mass is 15.2. The topological polar surface area (TPSA) is 6.48 Å². The van der Waals surface area contributed by atoms with Gasteiger partial charge in [0.15, 0.2) is 0 Å². The Morgan fingerprint density at radius 2 is 1.81 bits per heavy atom. The SMILES string of the molecule is C[C@H]1[C@H]2CC[C@H]3[C@@H]4CC=C5C[C@@H](N(C)C)CC[C@]5(C)[C@H]4CC[C@@]23CN1C. The van der Waals surface area contributed by atoms with E-state index >= 15 is 0 Å². The van der Waals surface area contributed by atoms with Gasteiger partial charge in [0, 0.05) is 18.6 Å². The van der Waals surface area contributed by atoms with Crippen LogP contribution >= 0.6 is 0 Å². The van der Waals surface area contributed by atoms with Crippen LogP contribution in [0, 0.1) is 34.5 Å². The van der Waals surface area contributed by atoms with Gasteiger partial charge in [-0.1, -0.05) is 18.6 Å². The van der Waals surface area contributed by atoms with Crippen molar-refractivity contribution in [2.45, 2.75) is 77.3 Å². The van der Waals surface area contributed by atoms with Gasteiger partial charge in [-0.2, -0.15) is 0 Å². The minimum absolute atomic E-state index is 0.519. The molecule has 2 nitrogen and oxygen atoms in total. The summed E-state index contributed by atoms with van der Waals surface area (Å²) in [6.07, 6.45) is 14.4. The van der Waals surface area contributed by atoms with Crippen LogP contribution in [-0.4, -0.2) is 49.6 Å². The van der Waals surface area contributed by atoms with Gasteiger partial charge in [0.2, 0.25) is 0 Å². The van der Waals surface area contributed by atoms with Crippen LogP contribution in [0.25, 0.3) is 0 Å². The average molecular weight is 357 g/mol. The molecule has 0 aromatic heterocycles. The summed E-state index contributed by atoms with van der Waals surface area (Å²) in [5, 5.41) is 0. The zero-order chi connectivity index (χ0) is 18.3. The maximum atomic E-state index is 2.74. The Labute approximate surface area is 161 Å². The van der Waals surface area contributed by atoms with Crippen molar-refractivity contribution in [3.05, 3.63) is 11.6 Å². The number of allylic oxidation sites excluding steroid dienone is 1. The maximum Gasteiger partial charge on any atom is 0.0127 e. The van der Waals surface area contributed by atoms with Crippen LogP contribution < -0.4 is 0 Å². The van der Waals surface area contributed by atoms with Crippen molar-refractivity contribution < 1.29 is 0 Å². The van der Waals surface area contributed by atoms with E-state index in [-0.39, 0.29) is 0 Å². The molecule has 1 aliphatic heterocycles. The van der Waals surface area contributed by atoms with Crippen molar-refractivity contribution in [1.29, 1.82) is 0 Å². The molecule has 1 saturated heterocycles. The molecule has 0 aromatic rings. The van der Waals surface area contributed by atoms with E-state index in [9.17, 15) is 0 Å². The van der Waals surface area contributed by atoms with Crippen LogP contribution in [-0.2, 0) is 0 Å². The summed E-state index contributed by atoms with van der Waals surface area (Å²) >= 11 is 0. The van der Waals surface area contributed by atoms with Gasteiger partial charge in [-0.05, 0) is 114 Å². The van der Waals surface area contributed by atoms with E-state index in [0.29, 0.717) is 10.8 Å². The molecule has 0 amide bonds. The third kappa shape index (κ3) is 2.18. The lowest BCUT2D eigenvalue weighted by Gasteiger charge is -2.58. The lowest BCUT2D eigenvalue weighted by Crippen LogP contribution is -2.52. The van der Waals surface area contributed by atoms with Crippen LogP contribution in [0.5, 0.6) is 0 Å². The van der Waals surface area contributed by atoms with Crippen molar-refractivity contribution >= 4 is 0 Å². The lowest BCUT2D eigenvalue weighted by atomic mass is 9.47. The summed E-state index contributed by atoms with van der Waals surface area (Å²) in [7, 11) is 6.95. The predicted octanol–water partition coefficient (Wildman–Crippen LogP) is 4.81. The van der Waals surface area contributed by atoms with Crippen molar-refractivity contribution in [2.75, 3.05) is 27.7 Å². The molecule has 0 aromatic carbocycles. The molecule has 3 saturated carbocycles. The second-order valence-corrected chi connectivity index (χ2v) is 11.2. The van der Waals surface area contributed by atoms with E-state index < -0.39 is 0 Å². The molecule has 1 spiro atoms. The molecule has 4 aliphatic carbocycles. The number of nitrogens with zero attached hydrogens (tertiary/aromatic N) is 2. The predicted molar refractivity (Wildman–Crippen MR) is 109 cm³/mol. The van der Waals surface area contributed by atoms with Crippen LogP contribution in [0.1, 0.15) is 65.2 Å². The summed E-state index contributed by atoms with van der Waals surface area (Å²) in [5.41, 5.74) is 3.04. The third-order valence-corrected chi connectivity index (χ3v) is 10.4. The fraction of sp³-hybridized carbons (Fsp3) is 0.917. The summed E-state index contributed by atoms with van der Waals surface area (Å²) in [6.45, 7) is 6.56. The third-order valence-electron chi connectivity index (χ3n) is 10.4. The van der Waals surface area contributed by atoms with E-state index in [1.165, 1.54) is 57.9 Å². The van der Waals surface area contributed by atoms with Gasteiger partial charge in [-0.15, -0.1) is 0 Å². The summed E-state index contributed by atoms with van der Waals surface area (Å²) in [5.74, 6) is 3.96. The summed E-state index contributed by atoms with van der Waals surface area (Å²) in [6, 6.07) is 1.60. The highest BCUT2D eigenvalue weighted by Crippen LogP contribution is 2.68. The van der Waals surface area contributed by atoms with Gasteiger partial charge in [-0.3, -0.25) is 0 Å². The zero-order valence-corrected chi connectivity index (χ0v) is 17.8. The van der Waals surface area contributed by atoms with E-state index in [0.717, 1.165) is 35.8 Å². The van der Waals surface area contributed by atoms with E-state index in [1.54, 1.807) is 0 Å². The molecule has 2 heteroatoms. The Morgan fingerprint density at radius 3 is 2.58 bits per heavy atom. The molecule has 5 rings (SSSR count). The van der Waals surface area contributed by atoms with Crippen molar-refractivity contribution in [3.8, 4) is 0 Å². The second kappa shape index (κ2) is 5.83. The van der Waals surface area contributed by atoms with Crippen LogP contribution in [0.4, 0.5) is 0 Å². The van der Waals surface area contributed by atoms with Gasteiger partial charge in [0.1, 0.15) is 0 Å². The molecule has 5 aliphatic rings. The molecule has 4 fully saturated rings. The summed E-state index contributed by atoms with van der Waals surface area (Å²) in [4.78, 5) is 5.17. The van der Waals surface area contributed by atoms with E-state index in [4.69, 9.17) is 0 Å². The average Bonchev–Trinajstić information content (AvgIpc) is 3.08. The van der Waals surface area contributed by atoms with Gasteiger partial charge in [0.05, 0.1) is 0 Å². The molecule has 26 heavy (non-hydrogen) atoms. The zero-order valence-electron chi connectivity index (χ0n) is 17.8. The second-order valence-electron chi connectivity index (χ2n) is 11.2. The minimum atomic E-state index is 0.519. The van der Waals surface area contributed by atoms with Gasteiger partial charge in [-0.25, -0.2) is 0 Å². The van der Waals surface area contributed by atoms with E-state index in [1.807, 2.05) is 5.57 Å². The minimum Gasteiger partial charge on any atom is -0.306 e. The maximum absolute atomic E-state index is 2.74. The first-order valence-corrected chi connectivity index (χ1v) is 11.4. The number of likely N-dealkylation sites (tertiary alicyclic amines) is 1. The van der Waals surface area contributed by atoms with Crippen LogP contribution in [0.15, 0.2) is 11.6 Å². The number of rotatable bonds is 1. The smallest absolute Gasteiger partial charge is 0.0127 e. The van der Waals surface area contributed by atoms with E-state index in [2.05, 4.69) is 50.9 Å². The van der Waals surface area contributed by atoms with Gasteiger partial charge >= 0.3 is 0 Å². The van der Waals surface area contributed by atoms with Crippen molar-refractivity contribution in [1.82, 2.24) is 9.80 Å². The molecule has 0 N–H and O–H groups in total. The fourth-order valence-corrected chi connectivity index (χ4v) is 8.88. The van der Waals surface area contributed by atoms with Crippen LogP contribution in [0.2, 0.25) is 0 Å². The molecular weight excluding hydrogens is 316 g/mol. The Hall–Kier alpha value is -0.340. The Bertz CT molecular complexity index is 609. The first-order valence-electron chi connectivity index (χ1n) is 11.4. The van der Waals surface area contributed by atoms with Crippen molar-refractivity contribution in [2.24, 2.45) is 34.5 Å². The Balaban J connectivity index is 1.45. The van der Waals surface area contributed by atoms with Gasteiger partial charge < -0.3 is 9.80 Å². The summed E-state index contributed by atoms with van der Waals surface area (Å²) < 4.78 is 0. The first-order chi connectivity index (χ1) is 12.4. The molecule has 8 atom stereocenters. The Kier molecular flexibility index (Phi) is 3.98. The molecule has 0 bridgehead atoms. The number of hydrogen-bond acceptors (Lipinski definition) is 2. The highest BCUT2D eigenvalue weighted by molar-refractivity contribution is 5.26. The first kappa shape index (κ1) is 17.7. The van der Waals surface area contributed by atoms with Gasteiger partial charge in [0.25, 0.3) is 0 Å². The standard InChI is InChI=1S/C24H40N2/c1-16-20-8-9-22-19-7-6-17-14-18(25(3)4)10-12-23(17,2)21(19)11-13-24(20,22)15-26(16)5/h6,16,18-22H,7-15H2,1-5H3/t16-,18-,19+,20+,21-,22-,23-,24+/m0/s1. The fourth-order valence-electron chi connectivity index (χ4n) is 8.88. The largest absolute Gasteiger partial charge is 0.306 e. The number of fused-ring (bicyclic) bond motifs is 4. The molecule has 0 radical (unpaired) electrons. The highest BCUT2D eigenvalue weighted by Gasteiger charge is 2.63.